The summed E-state index contributed by atoms with van der Waals surface area (Å²) in [5.74, 6) is 0.662. The summed E-state index contributed by atoms with van der Waals surface area (Å²) in [5, 5.41) is 16.8. The van der Waals surface area contributed by atoms with Gasteiger partial charge in [-0.25, -0.2) is 9.89 Å². The van der Waals surface area contributed by atoms with E-state index in [4.69, 9.17) is 0 Å². The van der Waals surface area contributed by atoms with Crippen molar-refractivity contribution in [2.24, 2.45) is 0 Å². The van der Waals surface area contributed by atoms with E-state index in [1.165, 1.54) is 0 Å². The van der Waals surface area contributed by atoms with Gasteiger partial charge in [-0.3, -0.25) is 4.79 Å². The van der Waals surface area contributed by atoms with E-state index in [0.29, 0.717) is 24.3 Å². The van der Waals surface area contributed by atoms with Gasteiger partial charge in [-0.1, -0.05) is 36.4 Å². The maximum atomic E-state index is 11.8. The summed E-state index contributed by atoms with van der Waals surface area (Å²) in [5.41, 5.74) is 0.572. The molecule has 1 aromatic heterocycles. The first-order chi connectivity index (χ1) is 12.7. The Morgan fingerprint density at radius 2 is 1.62 bits per heavy atom. The molecule has 3 aromatic rings. The van der Waals surface area contributed by atoms with E-state index in [0.717, 1.165) is 23.9 Å². The van der Waals surface area contributed by atoms with Gasteiger partial charge in [-0.05, 0) is 31.0 Å². The van der Waals surface area contributed by atoms with E-state index in [2.05, 4.69) is 26.1 Å². The number of nitrogens with one attached hydrogen (secondary N) is 4. The molecule has 0 atom stereocenters. The van der Waals surface area contributed by atoms with Crippen molar-refractivity contribution in [1.82, 2.24) is 15.5 Å². The van der Waals surface area contributed by atoms with Crippen LogP contribution in [0.5, 0.6) is 0 Å². The van der Waals surface area contributed by atoms with Crippen LogP contribution in [-0.4, -0.2) is 29.3 Å². The Hall–Kier alpha value is -3.35. The van der Waals surface area contributed by atoms with Gasteiger partial charge in [0.05, 0.1) is 5.39 Å². The van der Waals surface area contributed by atoms with Crippen molar-refractivity contribution >= 4 is 28.3 Å². The molecular weight excluding hydrogens is 330 g/mol. The number of hydrogen-bond acceptors (Lipinski definition) is 4. The van der Waals surface area contributed by atoms with Crippen LogP contribution >= 0.6 is 0 Å². The number of rotatable bonds is 7. The number of carbonyl (C=O) groups is 1. The number of hydrogen-bond donors (Lipinski definition) is 4. The lowest BCUT2D eigenvalue weighted by Gasteiger charge is -2.09. The third kappa shape index (κ3) is 4.60. The topological polar surface area (TPSA) is 98.9 Å². The molecule has 4 N–H and O–H groups in total. The quantitative estimate of drug-likeness (QED) is 0.492. The van der Waals surface area contributed by atoms with Crippen molar-refractivity contribution < 1.29 is 4.79 Å². The zero-order valence-electron chi connectivity index (χ0n) is 14.3. The fraction of sp³-hybridized carbons (Fsp3) is 0.211. The number of aromatic amines is 1. The summed E-state index contributed by atoms with van der Waals surface area (Å²) < 4.78 is 0. The second-order valence-corrected chi connectivity index (χ2v) is 5.83. The Bertz CT molecular complexity index is 924. The van der Waals surface area contributed by atoms with Crippen LogP contribution in [0.2, 0.25) is 0 Å². The monoisotopic (exact) mass is 351 g/mol. The molecule has 0 aliphatic rings. The minimum Gasteiger partial charge on any atom is -0.368 e. The molecule has 0 spiro atoms. The Balaban J connectivity index is 1.39. The molecule has 0 saturated carbocycles. The summed E-state index contributed by atoms with van der Waals surface area (Å²) in [4.78, 5) is 23.5. The number of para-hydroxylation sites is 1. The van der Waals surface area contributed by atoms with Crippen molar-refractivity contribution in [3.05, 3.63) is 65.0 Å². The molecule has 0 bridgehead atoms. The van der Waals surface area contributed by atoms with Gasteiger partial charge in [0.1, 0.15) is 0 Å². The molecule has 0 aliphatic carbocycles. The largest absolute Gasteiger partial charge is 0.368 e. The van der Waals surface area contributed by atoms with E-state index >= 15 is 0 Å². The first kappa shape index (κ1) is 17.5. The summed E-state index contributed by atoms with van der Waals surface area (Å²) in [7, 11) is 0. The second kappa shape index (κ2) is 8.66. The second-order valence-electron chi connectivity index (χ2n) is 5.83. The Morgan fingerprint density at radius 3 is 2.42 bits per heavy atom. The number of nitrogens with zero attached hydrogens (tertiary/aromatic N) is 1. The van der Waals surface area contributed by atoms with Crippen LogP contribution in [-0.2, 0) is 0 Å². The highest BCUT2D eigenvalue weighted by molar-refractivity contribution is 5.90. The van der Waals surface area contributed by atoms with Gasteiger partial charge >= 0.3 is 6.03 Å². The molecule has 0 radical (unpaired) electrons. The Labute approximate surface area is 150 Å². The fourth-order valence-electron chi connectivity index (χ4n) is 2.60. The predicted octanol–water partition coefficient (Wildman–Crippen LogP) is 2.94. The number of anilines is 2. The van der Waals surface area contributed by atoms with Crippen LogP contribution < -0.4 is 21.5 Å². The predicted molar refractivity (Wildman–Crippen MR) is 104 cm³/mol. The van der Waals surface area contributed by atoms with Crippen molar-refractivity contribution in [2.45, 2.75) is 12.8 Å². The number of benzene rings is 2. The molecular formula is C19H21N5O2. The molecule has 0 fully saturated rings. The third-order valence-corrected chi connectivity index (χ3v) is 3.91. The SMILES string of the molecule is O=C(NCCCCNc1n[nH]c(=O)c2ccccc12)Nc1ccccc1. The number of unbranched alkanes of at least 4 members (excludes halogenated alkanes) is 1. The lowest BCUT2D eigenvalue weighted by atomic mass is 10.2. The smallest absolute Gasteiger partial charge is 0.319 e. The molecule has 7 nitrogen and oxygen atoms in total. The number of urea groups is 1. The van der Waals surface area contributed by atoms with Gasteiger partial charge in [-0.2, -0.15) is 5.10 Å². The Morgan fingerprint density at radius 1 is 0.923 bits per heavy atom. The van der Waals surface area contributed by atoms with Gasteiger partial charge in [0.2, 0.25) is 0 Å². The van der Waals surface area contributed by atoms with Crippen molar-refractivity contribution in [3.63, 3.8) is 0 Å². The van der Waals surface area contributed by atoms with Gasteiger partial charge < -0.3 is 16.0 Å². The maximum Gasteiger partial charge on any atom is 0.319 e. The zero-order chi connectivity index (χ0) is 18.2. The van der Waals surface area contributed by atoms with E-state index in [1.54, 1.807) is 6.07 Å². The summed E-state index contributed by atoms with van der Waals surface area (Å²) in [6.45, 7) is 1.28. The van der Waals surface area contributed by atoms with Crippen molar-refractivity contribution in [3.8, 4) is 0 Å². The number of H-pyrrole nitrogens is 1. The van der Waals surface area contributed by atoms with Crippen LogP contribution in [0.3, 0.4) is 0 Å². The summed E-state index contributed by atoms with van der Waals surface area (Å²) in [6, 6.07) is 16.5. The first-order valence-electron chi connectivity index (χ1n) is 8.55. The minimum absolute atomic E-state index is 0.195. The average Bonchev–Trinajstić information content (AvgIpc) is 2.67. The molecule has 1 heterocycles. The van der Waals surface area contributed by atoms with Gasteiger partial charge in [0, 0.05) is 24.2 Å². The number of carbonyl (C=O) groups excluding carboxylic acids is 1. The lowest BCUT2D eigenvalue weighted by Crippen LogP contribution is -2.29. The van der Waals surface area contributed by atoms with Crippen LogP contribution in [0.25, 0.3) is 10.8 Å². The molecule has 3 rings (SSSR count). The van der Waals surface area contributed by atoms with Crippen LogP contribution in [0.15, 0.2) is 59.4 Å². The molecule has 0 saturated heterocycles. The summed E-state index contributed by atoms with van der Waals surface area (Å²) in [6.07, 6.45) is 1.69. The molecule has 7 heteroatoms. The highest BCUT2D eigenvalue weighted by atomic mass is 16.2. The zero-order valence-corrected chi connectivity index (χ0v) is 14.3. The maximum absolute atomic E-state index is 11.8. The third-order valence-electron chi connectivity index (χ3n) is 3.91. The number of amides is 2. The van der Waals surface area contributed by atoms with E-state index in [9.17, 15) is 9.59 Å². The van der Waals surface area contributed by atoms with Crippen molar-refractivity contribution in [1.29, 1.82) is 0 Å². The lowest BCUT2D eigenvalue weighted by molar-refractivity contribution is 0.252. The standard InChI is InChI=1S/C19H21N5O2/c25-18-16-11-5-4-10-15(16)17(23-24-18)20-12-6-7-13-21-19(26)22-14-8-2-1-3-9-14/h1-5,8-11H,6-7,12-13H2,(H,20,23)(H,24,25)(H2,21,22,26). The first-order valence-corrected chi connectivity index (χ1v) is 8.55. The van der Waals surface area contributed by atoms with Crippen LogP contribution in [0, 0.1) is 0 Å². The van der Waals surface area contributed by atoms with Crippen LogP contribution in [0.1, 0.15) is 12.8 Å². The molecule has 0 unspecified atom stereocenters. The number of aromatic nitrogens is 2. The van der Waals surface area contributed by atoms with Crippen LogP contribution in [0.4, 0.5) is 16.3 Å². The average molecular weight is 351 g/mol. The highest BCUT2D eigenvalue weighted by Crippen LogP contribution is 2.16. The molecule has 2 aromatic carbocycles. The van der Waals surface area contributed by atoms with Gasteiger partial charge in [0.25, 0.3) is 5.56 Å². The highest BCUT2D eigenvalue weighted by Gasteiger charge is 2.05. The normalized spacial score (nSPS) is 10.5. The molecule has 134 valence electrons. The summed E-state index contributed by atoms with van der Waals surface area (Å²) >= 11 is 0. The minimum atomic E-state index is -0.211. The molecule has 0 aliphatic heterocycles. The van der Waals surface area contributed by atoms with Gasteiger partial charge in [-0.15, -0.1) is 0 Å². The Kier molecular flexibility index (Phi) is 5.82. The molecule has 26 heavy (non-hydrogen) atoms. The van der Waals surface area contributed by atoms with E-state index in [1.807, 2.05) is 48.5 Å². The van der Waals surface area contributed by atoms with E-state index < -0.39 is 0 Å². The fourth-order valence-corrected chi connectivity index (χ4v) is 2.60. The van der Waals surface area contributed by atoms with Crippen molar-refractivity contribution in [2.75, 3.05) is 23.7 Å². The van der Waals surface area contributed by atoms with E-state index in [-0.39, 0.29) is 11.6 Å². The number of fused-ring (bicyclic) bond motifs is 1. The van der Waals surface area contributed by atoms with Gasteiger partial charge in [0.15, 0.2) is 5.82 Å². The molecule has 2 amide bonds.